The summed E-state index contributed by atoms with van der Waals surface area (Å²) in [6.45, 7) is 4.59. The molecule has 0 spiro atoms. The molecular formula is C66H115NO8. The van der Waals surface area contributed by atoms with Gasteiger partial charge in [-0.05, 0) is 64.2 Å². The second-order valence-corrected chi connectivity index (χ2v) is 21.6. The molecule has 0 aromatic rings. The van der Waals surface area contributed by atoms with E-state index >= 15 is 0 Å². The van der Waals surface area contributed by atoms with E-state index in [0.717, 1.165) is 64.2 Å². The van der Waals surface area contributed by atoms with Gasteiger partial charge in [0.2, 0.25) is 0 Å². The van der Waals surface area contributed by atoms with Crippen LogP contribution in [0.5, 0.6) is 0 Å². The number of carboxylic acid groups (broad SMARTS) is 1. The van der Waals surface area contributed by atoms with Crippen LogP contribution >= 0.6 is 0 Å². The summed E-state index contributed by atoms with van der Waals surface area (Å²) in [7, 11) is 5.90. The number of hydrogen-bond donors (Lipinski definition) is 0. The summed E-state index contributed by atoms with van der Waals surface area (Å²) in [5.74, 6) is -2.36. The van der Waals surface area contributed by atoms with Crippen molar-refractivity contribution < 1.29 is 42.9 Å². The molecule has 0 aliphatic carbocycles. The van der Waals surface area contributed by atoms with Crippen LogP contribution in [0.2, 0.25) is 0 Å². The number of likely N-dealkylation sites (N-methyl/N-ethyl adjacent to an activating group) is 1. The quantitative estimate of drug-likeness (QED) is 0.0195. The van der Waals surface area contributed by atoms with Gasteiger partial charge in [0.15, 0.2) is 12.4 Å². The highest BCUT2D eigenvalue weighted by Crippen LogP contribution is 2.17. The van der Waals surface area contributed by atoms with Crippen LogP contribution in [0, 0.1) is 0 Å². The highest BCUT2D eigenvalue weighted by atomic mass is 16.7. The molecule has 0 saturated heterocycles. The molecule has 2 atom stereocenters. The average Bonchev–Trinajstić information content (AvgIpc) is 3.38. The molecule has 0 aliphatic rings. The molecule has 75 heavy (non-hydrogen) atoms. The van der Waals surface area contributed by atoms with E-state index in [-0.39, 0.29) is 38.6 Å². The van der Waals surface area contributed by atoms with Crippen LogP contribution < -0.4 is 5.11 Å². The Morgan fingerprint density at radius 2 is 0.760 bits per heavy atom. The first-order chi connectivity index (χ1) is 36.6. The number of carboxylic acids is 1. The minimum absolute atomic E-state index is 0.134. The van der Waals surface area contributed by atoms with Gasteiger partial charge in [-0.3, -0.25) is 9.59 Å². The fourth-order valence-corrected chi connectivity index (χ4v) is 8.47. The molecule has 0 aromatic carbocycles. The van der Waals surface area contributed by atoms with Crippen molar-refractivity contribution >= 4 is 17.9 Å². The predicted octanol–water partition coefficient (Wildman–Crippen LogP) is 17.0. The molecule has 0 N–H and O–H groups in total. The van der Waals surface area contributed by atoms with Gasteiger partial charge in [-0.15, -0.1) is 0 Å². The molecule has 2 unspecified atom stereocenters. The van der Waals surface area contributed by atoms with Gasteiger partial charge in [0.1, 0.15) is 13.2 Å². The van der Waals surface area contributed by atoms with Crippen molar-refractivity contribution in [1.29, 1.82) is 0 Å². The van der Waals surface area contributed by atoms with E-state index in [2.05, 4.69) is 98.9 Å². The lowest BCUT2D eigenvalue weighted by Gasteiger charge is -2.26. The lowest BCUT2D eigenvalue weighted by molar-refractivity contribution is -0.870. The summed E-state index contributed by atoms with van der Waals surface area (Å²) in [5, 5.41) is 11.8. The van der Waals surface area contributed by atoms with Crippen LogP contribution in [-0.4, -0.2) is 82.3 Å². The first-order valence-corrected chi connectivity index (χ1v) is 30.7. The number of esters is 2. The summed E-state index contributed by atoms with van der Waals surface area (Å²) in [6.07, 6.45) is 72.3. The Morgan fingerprint density at radius 3 is 1.12 bits per heavy atom. The number of rotatable bonds is 56. The second kappa shape index (κ2) is 56.7. The lowest BCUT2D eigenvalue weighted by Crippen LogP contribution is -2.44. The molecule has 0 rings (SSSR count). The number of carbonyl (C=O) groups excluding carboxylic acids is 3. The predicted molar refractivity (Wildman–Crippen MR) is 315 cm³/mol. The van der Waals surface area contributed by atoms with E-state index in [1.54, 1.807) is 0 Å². The Labute approximate surface area is 461 Å². The van der Waals surface area contributed by atoms with Crippen LogP contribution in [0.3, 0.4) is 0 Å². The smallest absolute Gasteiger partial charge is 0.306 e. The molecule has 0 bridgehead atoms. The molecule has 0 heterocycles. The maximum absolute atomic E-state index is 12.8. The Kier molecular flexibility index (Phi) is 54.0. The Bertz CT molecular complexity index is 1500. The van der Waals surface area contributed by atoms with Crippen molar-refractivity contribution in [3.8, 4) is 0 Å². The Morgan fingerprint density at radius 1 is 0.413 bits per heavy atom. The van der Waals surface area contributed by atoms with E-state index in [0.29, 0.717) is 23.9 Å². The highest BCUT2D eigenvalue weighted by Gasteiger charge is 2.22. The normalized spacial score (nSPS) is 13.3. The maximum Gasteiger partial charge on any atom is 0.306 e. The van der Waals surface area contributed by atoms with E-state index in [9.17, 15) is 19.5 Å². The standard InChI is InChI=1S/C66H115NO8/c1-6-8-10-12-14-16-18-20-22-24-26-28-30-31-32-33-35-36-38-40-42-44-46-48-50-52-54-56-63(68)73-60-62(61-74-66(65(70)71)72-59-58-67(3,4)5)75-64(69)57-55-53-51-49-47-45-43-41-39-37-34-29-27-25-23-21-19-17-15-13-11-9-7-2/h9,11,15,17,21,23,27,29,37,39,43,45,49,51,62,66H,6-8,10,12-14,16,18-20,22,24-26,28,30-36,38,40-42,44,46-48,50,52-61H2,1-5H3/b11-9-,17-15-,23-21-,29-27-,39-37-,45-43-,51-49-. The van der Waals surface area contributed by atoms with Gasteiger partial charge in [-0.25, -0.2) is 0 Å². The van der Waals surface area contributed by atoms with Crippen molar-refractivity contribution in [2.45, 2.75) is 270 Å². The van der Waals surface area contributed by atoms with Crippen LogP contribution in [-0.2, 0) is 33.3 Å². The SMILES string of the molecule is CC/C=C\C/C=C\C/C=C\C/C=C\C/C=C\C/C=C\C/C=C\CCCC(=O)OC(COC(=O)CCCCCCCCCCCCCCCCCCCCCCCCCCCCC)COC(OCC[N+](C)(C)C)C(=O)[O-]. The molecular weight excluding hydrogens is 935 g/mol. The molecule has 9 heteroatoms. The number of quaternary nitrogens is 1. The fourth-order valence-electron chi connectivity index (χ4n) is 8.47. The van der Waals surface area contributed by atoms with Crippen LogP contribution in [0.25, 0.3) is 0 Å². The molecule has 0 aromatic heterocycles. The van der Waals surface area contributed by atoms with Crippen LogP contribution in [0.4, 0.5) is 0 Å². The fraction of sp³-hybridized carbons (Fsp3) is 0.742. The first kappa shape index (κ1) is 71.5. The van der Waals surface area contributed by atoms with Crippen LogP contribution in [0.15, 0.2) is 85.1 Å². The summed E-state index contributed by atoms with van der Waals surface area (Å²) in [5.41, 5.74) is 0. The summed E-state index contributed by atoms with van der Waals surface area (Å²) in [6, 6.07) is 0. The van der Waals surface area contributed by atoms with E-state index < -0.39 is 24.3 Å². The molecule has 0 aliphatic heterocycles. The zero-order chi connectivity index (χ0) is 54.8. The van der Waals surface area contributed by atoms with E-state index in [1.165, 1.54) is 154 Å². The third kappa shape index (κ3) is 58.0. The van der Waals surface area contributed by atoms with Gasteiger partial charge < -0.3 is 33.3 Å². The monoisotopic (exact) mass is 1050 g/mol. The largest absolute Gasteiger partial charge is 0.545 e. The molecule has 432 valence electrons. The van der Waals surface area contributed by atoms with Crippen molar-refractivity contribution in [2.24, 2.45) is 0 Å². The van der Waals surface area contributed by atoms with Crippen molar-refractivity contribution in [3.05, 3.63) is 85.1 Å². The lowest BCUT2D eigenvalue weighted by atomic mass is 10.0. The molecule has 9 nitrogen and oxygen atoms in total. The Hall–Kier alpha value is -3.53. The first-order valence-electron chi connectivity index (χ1n) is 30.7. The second-order valence-electron chi connectivity index (χ2n) is 21.6. The van der Waals surface area contributed by atoms with Crippen LogP contribution in [0.1, 0.15) is 258 Å². The summed E-state index contributed by atoms with van der Waals surface area (Å²) < 4.78 is 22.7. The molecule has 0 saturated carbocycles. The van der Waals surface area contributed by atoms with Crippen molar-refractivity contribution in [2.75, 3.05) is 47.5 Å². The van der Waals surface area contributed by atoms with E-state index in [4.69, 9.17) is 18.9 Å². The van der Waals surface area contributed by atoms with Gasteiger partial charge in [0.05, 0.1) is 40.3 Å². The van der Waals surface area contributed by atoms with Gasteiger partial charge in [0, 0.05) is 12.8 Å². The number of allylic oxidation sites excluding steroid dienone is 14. The average molecular weight is 1050 g/mol. The third-order valence-electron chi connectivity index (χ3n) is 13.2. The van der Waals surface area contributed by atoms with Gasteiger partial charge in [-0.1, -0.05) is 266 Å². The molecule has 0 amide bonds. The van der Waals surface area contributed by atoms with Gasteiger partial charge >= 0.3 is 11.9 Å². The number of ether oxygens (including phenoxy) is 4. The highest BCUT2D eigenvalue weighted by molar-refractivity contribution is 5.70. The van der Waals surface area contributed by atoms with Gasteiger partial charge in [0.25, 0.3) is 0 Å². The Balaban J connectivity index is 4.27. The summed E-state index contributed by atoms with van der Waals surface area (Å²) in [4.78, 5) is 37.3. The number of carbonyl (C=O) groups is 3. The zero-order valence-electron chi connectivity index (χ0n) is 49.1. The summed E-state index contributed by atoms with van der Waals surface area (Å²) >= 11 is 0. The molecule has 0 radical (unpaired) electrons. The number of aliphatic carboxylic acids is 1. The molecule has 0 fully saturated rings. The number of hydrogen-bond acceptors (Lipinski definition) is 8. The minimum Gasteiger partial charge on any atom is -0.545 e. The zero-order valence-corrected chi connectivity index (χ0v) is 49.1. The number of unbranched alkanes of at least 4 members (excludes halogenated alkanes) is 27. The maximum atomic E-state index is 12.8. The minimum atomic E-state index is -1.64. The number of nitrogens with zero attached hydrogens (tertiary/aromatic N) is 1. The van der Waals surface area contributed by atoms with Gasteiger partial charge in [-0.2, -0.15) is 0 Å². The third-order valence-corrected chi connectivity index (χ3v) is 13.2. The van der Waals surface area contributed by atoms with E-state index in [1.807, 2.05) is 21.1 Å². The van der Waals surface area contributed by atoms with Crippen molar-refractivity contribution in [3.63, 3.8) is 0 Å². The topological polar surface area (TPSA) is 111 Å². The van der Waals surface area contributed by atoms with Crippen molar-refractivity contribution in [1.82, 2.24) is 0 Å².